The van der Waals surface area contributed by atoms with Crippen molar-refractivity contribution >= 4 is 21.8 Å². The van der Waals surface area contributed by atoms with E-state index in [1.165, 1.54) is 40.4 Å². The molecule has 2 aliphatic heterocycles. The lowest BCUT2D eigenvalue weighted by Crippen LogP contribution is -2.49. The van der Waals surface area contributed by atoms with E-state index < -0.39 is 10.2 Å². The number of hydrogen-bond acceptors (Lipinski definition) is 4. The largest absolute Gasteiger partial charge is 0.371 e. The van der Waals surface area contributed by atoms with Crippen molar-refractivity contribution in [3.63, 3.8) is 0 Å². The topological polar surface area (TPSA) is 73.0 Å². The van der Waals surface area contributed by atoms with Gasteiger partial charge in [-0.25, -0.2) is 0 Å². The number of carbonyl (C=O) groups is 1. The number of nitrogens with zero attached hydrogens (tertiary/aromatic N) is 3. The SMILES string of the molecule is CN(C)S(=O)(=O)N1CCC[C@@H](C(=O)NCCCN2CCCc3ccccc32)C1. The lowest BCUT2D eigenvalue weighted by Gasteiger charge is -2.33. The molecule has 2 aliphatic rings. The number of para-hydroxylation sites is 1. The van der Waals surface area contributed by atoms with Crippen LogP contribution >= 0.6 is 0 Å². The van der Waals surface area contributed by atoms with Crippen LogP contribution in [0.1, 0.15) is 31.2 Å². The molecule has 1 saturated heterocycles. The van der Waals surface area contributed by atoms with Gasteiger partial charge in [-0.15, -0.1) is 0 Å². The minimum Gasteiger partial charge on any atom is -0.371 e. The number of rotatable bonds is 7. The number of carbonyl (C=O) groups excluding carboxylic acids is 1. The molecule has 0 unspecified atom stereocenters. The lowest BCUT2D eigenvalue weighted by molar-refractivity contribution is -0.126. The van der Waals surface area contributed by atoms with Gasteiger partial charge in [0.1, 0.15) is 0 Å². The lowest BCUT2D eigenvalue weighted by atomic mass is 9.99. The van der Waals surface area contributed by atoms with Crippen LogP contribution < -0.4 is 10.2 Å². The van der Waals surface area contributed by atoms with Crippen molar-refractivity contribution in [3.8, 4) is 0 Å². The summed E-state index contributed by atoms with van der Waals surface area (Å²) in [6.45, 7) is 3.35. The first kappa shape index (κ1) is 21.1. The molecule has 156 valence electrons. The van der Waals surface area contributed by atoms with Crippen LogP contribution in [0.4, 0.5) is 5.69 Å². The third-order valence-corrected chi connectivity index (χ3v) is 7.56. The van der Waals surface area contributed by atoms with Gasteiger partial charge in [-0.1, -0.05) is 18.2 Å². The molecule has 0 spiro atoms. The fourth-order valence-corrected chi connectivity index (χ4v) is 5.26. The first-order chi connectivity index (χ1) is 13.4. The highest BCUT2D eigenvalue weighted by molar-refractivity contribution is 7.86. The van der Waals surface area contributed by atoms with E-state index in [1.807, 2.05) is 0 Å². The van der Waals surface area contributed by atoms with Crippen LogP contribution in [0.15, 0.2) is 24.3 Å². The Labute approximate surface area is 168 Å². The van der Waals surface area contributed by atoms with Crippen LogP contribution in [0.25, 0.3) is 0 Å². The highest BCUT2D eigenvalue weighted by atomic mass is 32.2. The van der Waals surface area contributed by atoms with Crippen LogP contribution in [0.5, 0.6) is 0 Å². The van der Waals surface area contributed by atoms with Crippen LogP contribution in [0.3, 0.4) is 0 Å². The van der Waals surface area contributed by atoms with E-state index in [-0.39, 0.29) is 18.4 Å². The fourth-order valence-electron chi connectivity index (χ4n) is 4.07. The predicted molar refractivity (Wildman–Crippen MR) is 112 cm³/mol. The minimum atomic E-state index is -3.45. The molecule has 1 N–H and O–H groups in total. The second-order valence-corrected chi connectivity index (χ2v) is 9.99. The third kappa shape index (κ3) is 4.85. The summed E-state index contributed by atoms with van der Waals surface area (Å²) in [6.07, 6.45) is 4.64. The van der Waals surface area contributed by atoms with E-state index in [0.29, 0.717) is 13.1 Å². The molecular weight excluding hydrogens is 376 g/mol. The van der Waals surface area contributed by atoms with Crippen molar-refractivity contribution in [2.45, 2.75) is 32.1 Å². The van der Waals surface area contributed by atoms with Gasteiger partial charge in [-0.3, -0.25) is 4.79 Å². The molecule has 28 heavy (non-hydrogen) atoms. The second-order valence-electron chi connectivity index (χ2n) is 7.85. The summed E-state index contributed by atoms with van der Waals surface area (Å²) in [4.78, 5) is 14.9. The van der Waals surface area contributed by atoms with E-state index in [1.54, 1.807) is 0 Å². The number of nitrogens with one attached hydrogen (secondary N) is 1. The van der Waals surface area contributed by atoms with Crippen LogP contribution in [0, 0.1) is 5.92 Å². The number of fused-ring (bicyclic) bond motifs is 1. The maximum atomic E-state index is 12.5. The number of amides is 1. The molecule has 1 aromatic carbocycles. The monoisotopic (exact) mass is 408 g/mol. The minimum absolute atomic E-state index is 0.0299. The maximum absolute atomic E-state index is 12.5. The zero-order valence-electron chi connectivity index (χ0n) is 16.9. The van der Waals surface area contributed by atoms with Gasteiger partial charge in [0, 0.05) is 52.5 Å². The van der Waals surface area contributed by atoms with Gasteiger partial charge in [0.05, 0.1) is 5.92 Å². The molecular formula is C20H32N4O3S. The molecule has 0 radical (unpaired) electrons. The van der Waals surface area contributed by atoms with E-state index in [9.17, 15) is 13.2 Å². The van der Waals surface area contributed by atoms with E-state index in [0.717, 1.165) is 38.8 Å². The summed E-state index contributed by atoms with van der Waals surface area (Å²) in [5.41, 5.74) is 2.72. The average Bonchev–Trinajstić information content (AvgIpc) is 2.71. The van der Waals surface area contributed by atoms with Crippen LogP contribution in [0.2, 0.25) is 0 Å². The Bertz CT molecular complexity index is 781. The Morgan fingerprint density at radius 3 is 2.79 bits per heavy atom. The zero-order chi connectivity index (χ0) is 20.1. The highest BCUT2D eigenvalue weighted by Crippen LogP contribution is 2.26. The summed E-state index contributed by atoms with van der Waals surface area (Å²) in [5.74, 6) is -0.295. The van der Waals surface area contributed by atoms with Crippen LogP contribution in [-0.4, -0.2) is 69.8 Å². The molecule has 8 heteroatoms. The van der Waals surface area contributed by atoms with Gasteiger partial charge in [0.25, 0.3) is 10.2 Å². The Hall–Kier alpha value is -1.64. The Kier molecular flexibility index (Phi) is 6.95. The molecule has 1 aromatic rings. The highest BCUT2D eigenvalue weighted by Gasteiger charge is 2.33. The van der Waals surface area contributed by atoms with Gasteiger partial charge in [-0.05, 0) is 43.7 Å². The Morgan fingerprint density at radius 2 is 2.00 bits per heavy atom. The zero-order valence-corrected chi connectivity index (χ0v) is 17.7. The Balaban J connectivity index is 1.45. The fraction of sp³-hybridized carbons (Fsp3) is 0.650. The van der Waals surface area contributed by atoms with Gasteiger partial charge >= 0.3 is 0 Å². The molecule has 0 saturated carbocycles. The number of piperidine rings is 1. The summed E-state index contributed by atoms with van der Waals surface area (Å²) in [7, 11) is -0.403. The maximum Gasteiger partial charge on any atom is 0.281 e. The van der Waals surface area contributed by atoms with Gasteiger partial charge < -0.3 is 10.2 Å². The van der Waals surface area contributed by atoms with Gasteiger partial charge in [0.2, 0.25) is 5.91 Å². The average molecular weight is 409 g/mol. The molecule has 0 aromatic heterocycles. The van der Waals surface area contributed by atoms with Crippen LogP contribution in [-0.2, 0) is 21.4 Å². The Morgan fingerprint density at radius 1 is 1.21 bits per heavy atom. The van der Waals surface area contributed by atoms with Crippen molar-refractivity contribution in [1.82, 2.24) is 13.9 Å². The molecule has 0 aliphatic carbocycles. The summed E-state index contributed by atoms with van der Waals surface area (Å²) < 4.78 is 27.2. The van der Waals surface area contributed by atoms with Crippen molar-refractivity contribution < 1.29 is 13.2 Å². The number of anilines is 1. The summed E-state index contributed by atoms with van der Waals surface area (Å²) in [5, 5.41) is 3.02. The molecule has 1 fully saturated rings. The van der Waals surface area contributed by atoms with Gasteiger partial charge in [0.15, 0.2) is 0 Å². The third-order valence-electron chi connectivity index (χ3n) is 5.65. The normalized spacial score (nSPS) is 20.8. The van der Waals surface area contributed by atoms with E-state index in [4.69, 9.17) is 0 Å². The molecule has 1 atom stereocenters. The summed E-state index contributed by atoms with van der Waals surface area (Å²) >= 11 is 0. The van der Waals surface area contributed by atoms with Crippen molar-refractivity contribution in [2.75, 3.05) is 51.7 Å². The predicted octanol–water partition coefficient (Wildman–Crippen LogP) is 1.46. The summed E-state index contributed by atoms with van der Waals surface area (Å²) in [6, 6.07) is 8.54. The molecule has 3 rings (SSSR count). The number of aryl methyl sites for hydroxylation is 1. The molecule has 1 amide bonds. The molecule has 7 nitrogen and oxygen atoms in total. The second kappa shape index (κ2) is 9.24. The van der Waals surface area contributed by atoms with Crippen molar-refractivity contribution in [2.24, 2.45) is 5.92 Å². The van der Waals surface area contributed by atoms with E-state index in [2.05, 4.69) is 34.5 Å². The van der Waals surface area contributed by atoms with Crippen molar-refractivity contribution in [3.05, 3.63) is 29.8 Å². The standard InChI is InChI=1S/C20H32N4O3S/c1-22(2)28(26,27)24-15-6-10-18(16-24)20(25)21-12-7-14-23-13-5-9-17-8-3-4-11-19(17)23/h3-4,8,11,18H,5-7,9-10,12-16H2,1-2H3,(H,21,25)/t18-/m1/s1. The molecule has 2 heterocycles. The van der Waals surface area contributed by atoms with Crippen molar-refractivity contribution in [1.29, 1.82) is 0 Å². The van der Waals surface area contributed by atoms with Gasteiger partial charge in [-0.2, -0.15) is 17.0 Å². The first-order valence-corrected chi connectivity index (χ1v) is 11.6. The number of benzene rings is 1. The molecule has 0 bridgehead atoms. The van der Waals surface area contributed by atoms with E-state index >= 15 is 0 Å². The smallest absolute Gasteiger partial charge is 0.281 e. The quantitative estimate of drug-likeness (QED) is 0.694. The number of hydrogen-bond donors (Lipinski definition) is 1. The first-order valence-electron chi connectivity index (χ1n) is 10.2.